The molecule has 1 atom stereocenters. The number of nitrogens with zero attached hydrogens (tertiary/aromatic N) is 1. The molecule has 1 amide bonds. The summed E-state index contributed by atoms with van der Waals surface area (Å²) in [6, 6.07) is 5.87. The minimum Gasteiger partial charge on any atom is -0.376 e. The fourth-order valence-electron chi connectivity index (χ4n) is 1.71. The van der Waals surface area contributed by atoms with Crippen molar-refractivity contribution < 1.29 is 4.79 Å². The Kier molecular flexibility index (Phi) is 6.31. The largest absolute Gasteiger partial charge is 0.376 e. The molecular formula is C14H22BrN3O. The second-order valence-electron chi connectivity index (χ2n) is 4.75. The summed E-state index contributed by atoms with van der Waals surface area (Å²) in [5.41, 5.74) is 1.82. The molecule has 0 saturated carbocycles. The number of hydrogen-bond donors (Lipinski definition) is 2. The van der Waals surface area contributed by atoms with Crippen LogP contribution in [-0.4, -0.2) is 33.1 Å². The van der Waals surface area contributed by atoms with Gasteiger partial charge in [-0.3, -0.25) is 4.79 Å². The molecule has 0 saturated heterocycles. The van der Waals surface area contributed by atoms with Crippen LogP contribution < -0.4 is 15.5 Å². The summed E-state index contributed by atoms with van der Waals surface area (Å²) >= 11 is 3.43. The van der Waals surface area contributed by atoms with E-state index < -0.39 is 0 Å². The first-order valence-electron chi connectivity index (χ1n) is 6.44. The molecule has 1 aromatic carbocycles. The molecule has 1 rings (SSSR count). The van der Waals surface area contributed by atoms with Crippen LogP contribution in [0.1, 0.15) is 13.8 Å². The molecule has 0 aromatic heterocycles. The van der Waals surface area contributed by atoms with Crippen LogP contribution in [0.4, 0.5) is 11.4 Å². The van der Waals surface area contributed by atoms with Crippen LogP contribution in [0.3, 0.4) is 0 Å². The van der Waals surface area contributed by atoms with Gasteiger partial charge in [0.1, 0.15) is 0 Å². The minimum absolute atomic E-state index is 0.0298. The molecule has 4 nitrogen and oxygen atoms in total. The summed E-state index contributed by atoms with van der Waals surface area (Å²) in [6.45, 7) is 5.51. The number of carbonyl (C=O) groups is 1. The third-order valence-electron chi connectivity index (χ3n) is 2.85. The summed E-state index contributed by atoms with van der Waals surface area (Å²) in [7, 11) is 3.92. The number of rotatable bonds is 6. The van der Waals surface area contributed by atoms with Crippen molar-refractivity contribution in [2.24, 2.45) is 5.92 Å². The van der Waals surface area contributed by atoms with Gasteiger partial charge in [0, 0.05) is 31.0 Å². The van der Waals surface area contributed by atoms with Crippen LogP contribution in [0.15, 0.2) is 22.7 Å². The number of nitrogens with one attached hydrogen (secondary N) is 2. The van der Waals surface area contributed by atoms with E-state index in [4.69, 9.17) is 0 Å². The predicted octanol–water partition coefficient (Wildman–Crippen LogP) is 2.70. The zero-order valence-electron chi connectivity index (χ0n) is 12.0. The lowest BCUT2D eigenvalue weighted by Gasteiger charge is -2.20. The second-order valence-corrected chi connectivity index (χ2v) is 5.67. The summed E-state index contributed by atoms with van der Waals surface area (Å²) in [6.07, 6.45) is 0. The van der Waals surface area contributed by atoms with Gasteiger partial charge in [-0.1, -0.05) is 29.8 Å². The van der Waals surface area contributed by atoms with E-state index in [2.05, 4.69) is 26.6 Å². The Labute approximate surface area is 123 Å². The monoisotopic (exact) mass is 327 g/mol. The number of amides is 1. The molecule has 0 radical (unpaired) electrons. The lowest BCUT2D eigenvalue weighted by Crippen LogP contribution is -2.30. The highest BCUT2D eigenvalue weighted by Gasteiger charge is 2.15. The first kappa shape index (κ1) is 16.0. The highest BCUT2D eigenvalue weighted by atomic mass is 79.9. The SMILES string of the molecule is CCNCC(C)C(=O)Nc1cc(Br)ccc1N(C)C. The lowest BCUT2D eigenvalue weighted by molar-refractivity contribution is -0.119. The van der Waals surface area contributed by atoms with Crippen molar-refractivity contribution in [1.29, 1.82) is 0 Å². The molecule has 2 N–H and O–H groups in total. The van der Waals surface area contributed by atoms with E-state index in [0.29, 0.717) is 6.54 Å². The highest BCUT2D eigenvalue weighted by Crippen LogP contribution is 2.28. The standard InChI is InChI=1S/C14H22BrN3O/c1-5-16-9-10(2)14(19)17-12-8-11(15)6-7-13(12)18(3)4/h6-8,10,16H,5,9H2,1-4H3,(H,17,19). The van der Waals surface area contributed by atoms with Gasteiger partial charge in [0.2, 0.25) is 5.91 Å². The molecule has 0 bridgehead atoms. The van der Waals surface area contributed by atoms with Crippen LogP contribution in [0.5, 0.6) is 0 Å². The quantitative estimate of drug-likeness (QED) is 0.844. The topological polar surface area (TPSA) is 44.4 Å². The number of hydrogen-bond acceptors (Lipinski definition) is 3. The van der Waals surface area contributed by atoms with E-state index in [9.17, 15) is 4.79 Å². The van der Waals surface area contributed by atoms with Gasteiger partial charge in [0.25, 0.3) is 0 Å². The Bertz CT molecular complexity index is 435. The number of anilines is 2. The third-order valence-corrected chi connectivity index (χ3v) is 3.34. The normalized spacial score (nSPS) is 12.1. The van der Waals surface area contributed by atoms with Gasteiger partial charge in [-0.2, -0.15) is 0 Å². The van der Waals surface area contributed by atoms with Gasteiger partial charge in [-0.15, -0.1) is 0 Å². The molecule has 0 heterocycles. The molecule has 5 heteroatoms. The van der Waals surface area contributed by atoms with Crippen LogP contribution in [0.2, 0.25) is 0 Å². The molecule has 0 aliphatic carbocycles. The second kappa shape index (κ2) is 7.50. The molecule has 1 unspecified atom stereocenters. The van der Waals surface area contributed by atoms with Crippen molar-refractivity contribution in [2.75, 3.05) is 37.4 Å². The average Bonchev–Trinajstić information content (AvgIpc) is 2.35. The molecule has 19 heavy (non-hydrogen) atoms. The van der Waals surface area contributed by atoms with E-state index in [0.717, 1.165) is 22.4 Å². The van der Waals surface area contributed by atoms with Crippen molar-refractivity contribution in [3.05, 3.63) is 22.7 Å². The molecule has 0 aliphatic rings. The van der Waals surface area contributed by atoms with Gasteiger partial charge in [0.05, 0.1) is 11.4 Å². The van der Waals surface area contributed by atoms with Crippen LogP contribution in [0, 0.1) is 5.92 Å². The maximum atomic E-state index is 12.1. The smallest absolute Gasteiger partial charge is 0.228 e. The van der Waals surface area contributed by atoms with Crippen LogP contribution in [0.25, 0.3) is 0 Å². The Balaban J connectivity index is 2.80. The fraction of sp³-hybridized carbons (Fsp3) is 0.500. The molecule has 106 valence electrons. The Morgan fingerprint density at radius 1 is 1.42 bits per heavy atom. The zero-order valence-corrected chi connectivity index (χ0v) is 13.5. The number of benzene rings is 1. The van der Waals surface area contributed by atoms with E-state index in [1.54, 1.807) is 0 Å². The molecule has 1 aromatic rings. The Morgan fingerprint density at radius 3 is 2.68 bits per heavy atom. The minimum atomic E-state index is -0.0612. The van der Waals surface area contributed by atoms with Crippen molar-refractivity contribution in [3.8, 4) is 0 Å². The molecular weight excluding hydrogens is 306 g/mol. The Morgan fingerprint density at radius 2 is 2.11 bits per heavy atom. The van der Waals surface area contributed by atoms with Gasteiger partial charge >= 0.3 is 0 Å². The first-order valence-corrected chi connectivity index (χ1v) is 7.23. The van der Waals surface area contributed by atoms with E-state index >= 15 is 0 Å². The summed E-state index contributed by atoms with van der Waals surface area (Å²) < 4.78 is 0.952. The van der Waals surface area contributed by atoms with Crippen LogP contribution in [-0.2, 0) is 4.79 Å². The Hall–Kier alpha value is -1.07. The lowest BCUT2D eigenvalue weighted by atomic mass is 10.1. The van der Waals surface area contributed by atoms with Crippen molar-refractivity contribution in [1.82, 2.24) is 5.32 Å². The number of carbonyl (C=O) groups excluding carboxylic acids is 1. The summed E-state index contributed by atoms with van der Waals surface area (Å²) in [4.78, 5) is 14.1. The van der Waals surface area contributed by atoms with Gasteiger partial charge < -0.3 is 15.5 Å². The van der Waals surface area contributed by atoms with E-state index in [1.165, 1.54) is 0 Å². The van der Waals surface area contributed by atoms with Gasteiger partial charge in [-0.25, -0.2) is 0 Å². The predicted molar refractivity (Wildman–Crippen MR) is 84.8 cm³/mol. The van der Waals surface area contributed by atoms with Gasteiger partial charge in [0.15, 0.2) is 0 Å². The highest BCUT2D eigenvalue weighted by molar-refractivity contribution is 9.10. The number of halogens is 1. The zero-order chi connectivity index (χ0) is 14.4. The van der Waals surface area contributed by atoms with E-state index in [-0.39, 0.29) is 11.8 Å². The molecule has 0 aliphatic heterocycles. The first-order chi connectivity index (χ1) is 8.95. The maximum absolute atomic E-state index is 12.1. The van der Waals surface area contributed by atoms with Crippen molar-refractivity contribution in [3.63, 3.8) is 0 Å². The van der Waals surface area contributed by atoms with Crippen molar-refractivity contribution in [2.45, 2.75) is 13.8 Å². The summed E-state index contributed by atoms with van der Waals surface area (Å²) in [5.74, 6) is -0.0314. The summed E-state index contributed by atoms with van der Waals surface area (Å²) in [5, 5.41) is 6.17. The third kappa shape index (κ3) is 4.84. The van der Waals surface area contributed by atoms with Crippen LogP contribution >= 0.6 is 15.9 Å². The van der Waals surface area contributed by atoms with Crippen molar-refractivity contribution >= 4 is 33.2 Å². The average molecular weight is 328 g/mol. The van der Waals surface area contributed by atoms with Gasteiger partial charge in [-0.05, 0) is 24.7 Å². The fourth-order valence-corrected chi connectivity index (χ4v) is 2.07. The molecule has 0 spiro atoms. The van der Waals surface area contributed by atoms with E-state index in [1.807, 2.05) is 51.0 Å². The molecule has 0 fully saturated rings. The maximum Gasteiger partial charge on any atom is 0.228 e.